The number of amides is 1. The lowest BCUT2D eigenvalue weighted by Gasteiger charge is -2.05. The maximum absolute atomic E-state index is 11.6. The Hall–Kier alpha value is 0.190. The molecular weight excluding hydrogens is 380 g/mol. The minimum absolute atomic E-state index is 0.101. The highest BCUT2D eigenvalue weighted by Gasteiger charge is 2.09. The average Bonchev–Trinajstić information content (AvgIpc) is 2.18. The van der Waals surface area contributed by atoms with E-state index in [0.717, 1.165) is 8.04 Å². The van der Waals surface area contributed by atoms with E-state index >= 15 is 0 Å². The van der Waals surface area contributed by atoms with E-state index in [4.69, 9.17) is 11.6 Å². The van der Waals surface area contributed by atoms with Crippen LogP contribution in [0.2, 0.25) is 0 Å². The van der Waals surface area contributed by atoms with E-state index in [1.807, 2.05) is 18.2 Å². The fourth-order valence-corrected chi connectivity index (χ4v) is 1.94. The second-order valence-electron chi connectivity index (χ2n) is 2.57. The Morgan fingerprint density at radius 1 is 1.57 bits per heavy atom. The van der Waals surface area contributed by atoms with Crippen molar-refractivity contribution in [3.63, 3.8) is 0 Å². The van der Waals surface area contributed by atoms with E-state index in [9.17, 15) is 4.79 Å². The molecule has 14 heavy (non-hydrogen) atoms. The maximum Gasteiger partial charge on any atom is 0.252 e. The van der Waals surface area contributed by atoms with Crippen LogP contribution in [0.3, 0.4) is 0 Å². The average molecular weight is 388 g/mol. The molecule has 0 aliphatic carbocycles. The van der Waals surface area contributed by atoms with Crippen LogP contribution in [-0.2, 0) is 0 Å². The minimum atomic E-state index is -0.101. The number of hydrogen-bond acceptors (Lipinski definition) is 1. The normalized spacial score (nSPS) is 9.93. The molecule has 5 heteroatoms. The summed E-state index contributed by atoms with van der Waals surface area (Å²) in [5.74, 6) is 0.323. The fraction of sp³-hybridized carbons (Fsp3) is 0.222. The lowest BCUT2D eigenvalue weighted by Crippen LogP contribution is -2.25. The van der Waals surface area contributed by atoms with Gasteiger partial charge in [0.25, 0.3) is 5.91 Å². The van der Waals surface area contributed by atoms with Gasteiger partial charge in [-0.1, -0.05) is 0 Å². The maximum atomic E-state index is 11.6. The van der Waals surface area contributed by atoms with Crippen molar-refractivity contribution in [2.75, 3.05) is 12.4 Å². The summed E-state index contributed by atoms with van der Waals surface area (Å²) >= 11 is 11.0. The van der Waals surface area contributed by atoms with E-state index in [1.54, 1.807) is 0 Å². The molecule has 1 N–H and O–H groups in total. The van der Waals surface area contributed by atoms with Crippen molar-refractivity contribution in [1.29, 1.82) is 0 Å². The number of alkyl halides is 1. The summed E-state index contributed by atoms with van der Waals surface area (Å²) in [6.45, 7) is 0.484. The van der Waals surface area contributed by atoms with Crippen molar-refractivity contribution in [2.45, 2.75) is 0 Å². The molecule has 0 spiro atoms. The molecule has 76 valence electrons. The molecule has 0 bridgehead atoms. The van der Waals surface area contributed by atoms with Gasteiger partial charge in [-0.2, -0.15) is 0 Å². The highest BCUT2D eigenvalue weighted by molar-refractivity contribution is 14.1. The number of carbonyl (C=O) groups is 1. The summed E-state index contributed by atoms with van der Waals surface area (Å²) in [4.78, 5) is 11.6. The Kier molecular flexibility index (Phi) is 5.19. The van der Waals surface area contributed by atoms with Crippen LogP contribution in [-0.4, -0.2) is 18.3 Å². The molecule has 1 rings (SSSR count). The van der Waals surface area contributed by atoms with E-state index < -0.39 is 0 Å². The van der Waals surface area contributed by atoms with Gasteiger partial charge in [0.1, 0.15) is 0 Å². The topological polar surface area (TPSA) is 29.1 Å². The zero-order valence-electron chi connectivity index (χ0n) is 7.19. The first-order valence-electron chi connectivity index (χ1n) is 3.94. The molecule has 0 saturated carbocycles. The third-order valence-electron chi connectivity index (χ3n) is 1.55. The third-order valence-corrected chi connectivity index (χ3v) is 3.10. The zero-order valence-corrected chi connectivity index (χ0v) is 11.7. The zero-order chi connectivity index (χ0) is 10.6. The Morgan fingerprint density at radius 3 is 2.93 bits per heavy atom. The number of benzene rings is 1. The molecule has 0 atom stereocenters. The first kappa shape index (κ1) is 12.3. The summed E-state index contributed by atoms with van der Waals surface area (Å²) in [6.07, 6.45) is 0. The lowest BCUT2D eigenvalue weighted by molar-refractivity contribution is 0.0955. The molecule has 0 aliphatic heterocycles. The summed E-state index contributed by atoms with van der Waals surface area (Å²) in [5, 5.41) is 2.71. The van der Waals surface area contributed by atoms with Gasteiger partial charge in [-0.3, -0.25) is 4.79 Å². The Morgan fingerprint density at radius 2 is 2.29 bits per heavy atom. The number of rotatable bonds is 3. The molecule has 2 nitrogen and oxygen atoms in total. The molecule has 1 aromatic rings. The predicted octanol–water partition coefficient (Wildman–Crippen LogP) is 3.02. The molecule has 0 saturated heterocycles. The quantitative estimate of drug-likeness (QED) is 0.626. The molecule has 1 amide bonds. The smallest absolute Gasteiger partial charge is 0.252 e. The molecule has 0 radical (unpaired) electrons. The van der Waals surface area contributed by atoms with Crippen LogP contribution in [0.1, 0.15) is 10.4 Å². The molecule has 1 aromatic carbocycles. The van der Waals surface area contributed by atoms with Gasteiger partial charge in [0.05, 0.1) is 5.56 Å². The molecular formula is C9H8BrClINO. The predicted molar refractivity (Wildman–Crippen MR) is 69.9 cm³/mol. The second-order valence-corrected chi connectivity index (χ2v) is 5.05. The van der Waals surface area contributed by atoms with E-state index in [2.05, 4.69) is 43.8 Å². The van der Waals surface area contributed by atoms with Gasteiger partial charge in [0.15, 0.2) is 0 Å². The van der Waals surface area contributed by atoms with Crippen molar-refractivity contribution < 1.29 is 4.79 Å². The minimum Gasteiger partial charge on any atom is -0.351 e. The fourth-order valence-electron chi connectivity index (χ4n) is 0.928. The summed E-state index contributed by atoms with van der Waals surface area (Å²) in [7, 11) is 0. The highest BCUT2D eigenvalue weighted by atomic mass is 127. The van der Waals surface area contributed by atoms with E-state index in [-0.39, 0.29) is 5.91 Å². The Labute approximate surface area is 110 Å². The van der Waals surface area contributed by atoms with Gasteiger partial charge in [-0.15, -0.1) is 11.6 Å². The van der Waals surface area contributed by atoms with Crippen LogP contribution in [0.5, 0.6) is 0 Å². The van der Waals surface area contributed by atoms with Crippen molar-refractivity contribution in [2.24, 2.45) is 0 Å². The summed E-state index contributed by atoms with van der Waals surface area (Å²) in [6, 6.07) is 5.62. The van der Waals surface area contributed by atoms with Crippen molar-refractivity contribution in [1.82, 2.24) is 5.32 Å². The van der Waals surface area contributed by atoms with E-state index in [1.165, 1.54) is 0 Å². The molecule has 0 unspecified atom stereocenters. The molecule has 0 aromatic heterocycles. The monoisotopic (exact) mass is 387 g/mol. The van der Waals surface area contributed by atoms with Crippen molar-refractivity contribution in [3.8, 4) is 0 Å². The van der Waals surface area contributed by atoms with Crippen LogP contribution in [0.15, 0.2) is 22.7 Å². The van der Waals surface area contributed by atoms with Gasteiger partial charge in [-0.25, -0.2) is 0 Å². The second kappa shape index (κ2) is 5.92. The van der Waals surface area contributed by atoms with Crippen LogP contribution in [0.25, 0.3) is 0 Å². The van der Waals surface area contributed by atoms with Gasteiger partial charge >= 0.3 is 0 Å². The molecule has 0 heterocycles. The molecule has 0 aliphatic rings. The third kappa shape index (κ3) is 3.40. The van der Waals surface area contributed by atoms with Crippen molar-refractivity contribution in [3.05, 3.63) is 31.8 Å². The Bertz CT molecular complexity index is 346. The first-order valence-corrected chi connectivity index (χ1v) is 6.35. The van der Waals surface area contributed by atoms with Crippen LogP contribution < -0.4 is 5.32 Å². The van der Waals surface area contributed by atoms with Crippen LogP contribution >= 0.6 is 50.1 Å². The largest absolute Gasteiger partial charge is 0.351 e. The number of halogens is 3. The van der Waals surface area contributed by atoms with Gasteiger partial charge in [0, 0.05) is 20.5 Å². The SMILES string of the molecule is O=C(NCCCl)c1cc(I)ccc1Br. The number of hydrogen-bond donors (Lipinski definition) is 1. The molecule has 0 fully saturated rings. The highest BCUT2D eigenvalue weighted by Crippen LogP contribution is 2.19. The number of carbonyl (C=O) groups excluding carboxylic acids is 1. The van der Waals surface area contributed by atoms with Gasteiger partial charge < -0.3 is 5.32 Å². The van der Waals surface area contributed by atoms with Crippen LogP contribution in [0.4, 0.5) is 0 Å². The lowest BCUT2D eigenvalue weighted by atomic mass is 10.2. The number of nitrogens with one attached hydrogen (secondary N) is 1. The van der Waals surface area contributed by atoms with Crippen LogP contribution in [0, 0.1) is 3.57 Å². The standard InChI is InChI=1S/C9H8BrClINO/c10-8-2-1-6(12)5-7(8)9(14)13-4-3-11/h1-2,5H,3-4H2,(H,13,14). The van der Waals surface area contributed by atoms with Gasteiger partial charge in [0.2, 0.25) is 0 Å². The first-order chi connectivity index (χ1) is 6.65. The van der Waals surface area contributed by atoms with Gasteiger partial charge in [-0.05, 0) is 56.7 Å². The summed E-state index contributed by atoms with van der Waals surface area (Å²) in [5.41, 5.74) is 0.641. The summed E-state index contributed by atoms with van der Waals surface area (Å²) < 4.78 is 1.83. The van der Waals surface area contributed by atoms with Crippen molar-refractivity contribution >= 4 is 56.0 Å². The Balaban J connectivity index is 2.83. The van der Waals surface area contributed by atoms with E-state index in [0.29, 0.717) is 18.0 Å².